The minimum Gasteiger partial charge on any atom is -0.368 e. The summed E-state index contributed by atoms with van der Waals surface area (Å²) in [5, 5.41) is 3.92. The number of piperidine rings is 1. The first-order valence-electron chi connectivity index (χ1n) is 6.91. The Labute approximate surface area is 121 Å². The highest BCUT2D eigenvalue weighted by molar-refractivity contribution is 5.94. The summed E-state index contributed by atoms with van der Waals surface area (Å²) in [6.45, 7) is 1.15. The van der Waals surface area contributed by atoms with Gasteiger partial charge in [-0.1, -0.05) is 17.3 Å². The van der Waals surface area contributed by atoms with Crippen molar-refractivity contribution in [3.63, 3.8) is 0 Å². The lowest BCUT2D eigenvalue weighted by molar-refractivity contribution is 0.0706. The molecular weight excluding hydrogens is 273 g/mol. The van der Waals surface area contributed by atoms with Crippen molar-refractivity contribution < 1.29 is 13.7 Å². The number of carbonyl (C=O) groups is 1. The number of rotatable bonds is 2. The molecule has 2 N–H and O–H groups in total. The molecule has 0 unspecified atom stereocenters. The summed E-state index contributed by atoms with van der Waals surface area (Å²) in [5.41, 5.74) is 6.47. The molecule has 1 aromatic heterocycles. The van der Waals surface area contributed by atoms with Crippen LogP contribution in [0.15, 0.2) is 34.9 Å². The highest BCUT2D eigenvalue weighted by Crippen LogP contribution is 2.29. The van der Waals surface area contributed by atoms with Gasteiger partial charge in [-0.3, -0.25) is 4.79 Å². The van der Waals surface area contributed by atoms with Crippen molar-refractivity contribution in [2.45, 2.75) is 18.8 Å². The van der Waals surface area contributed by atoms with Gasteiger partial charge in [0, 0.05) is 25.1 Å². The molecule has 1 amide bonds. The van der Waals surface area contributed by atoms with Crippen molar-refractivity contribution in [1.82, 2.24) is 10.1 Å². The summed E-state index contributed by atoms with van der Waals surface area (Å²) < 4.78 is 18.5. The van der Waals surface area contributed by atoms with Gasteiger partial charge in [-0.05, 0) is 25.0 Å². The minimum atomic E-state index is -0.478. The molecule has 1 saturated heterocycles. The van der Waals surface area contributed by atoms with Gasteiger partial charge in [-0.25, -0.2) is 4.39 Å². The van der Waals surface area contributed by atoms with Crippen molar-refractivity contribution in [2.24, 2.45) is 0 Å². The zero-order valence-electron chi connectivity index (χ0n) is 11.5. The predicted molar refractivity (Wildman–Crippen MR) is 75.2 cm³/mol. The normalized spacial score (nSPS) is 16.1. The van der Waals surface area contributed by atoms with E-state index in [0.717, 1.165) is 18.5 Å². The molecule has 0 aliphatic carbocycles. The first-order chi connectivity index (χ1) is 10.1. The van der Waals surface area contributed by atoms with E-state index in [-0.39, 0.29) is 17.4 Å². The third-order valence-electron chi connectivity index (χ3n) is 3.85. The molecule has 0 radical (unpaired) electrons. The number of aromatic nitrogens is 1. The molecule has 3 rings (SSSR count). The van der Waals surface area contributed by atoms with Gasteiger partial charge in [-0.2, -0.15) is 0 Å². The average Bonchev–Trinajstić information content (AvgIpc) is 2.94. The van der Waals surface area contributed by atoms with E-state index in [2.05, 4.69) is 5.16 Å². The van der Waals surface area contributed by atoms with Crippen molar-refractivity contribution in [3.8, 4) is 0 Å². The fourth-order valence-electron chi connectivity index (χ4n) is 2.68. The molecule has 21 heavy (non-hydrogen) atoms. The maximum absolute atomic E-state index is 13.7. The Balaban J connectivity index is 1.66. The summed E-state index contributed by atoms with van der Waals surface area (Å²) >= 11 is 0. The summed E-state index contributed by atoms with van der Waals surface area (Å²) in [6, 6.07) is 7.79. The van der Waals surface area contributed by atoms with Crippen LogP contribution in [0, 0.1) is 5.82 Å². The van der Waals surface area contributed by atoms with Crippen LogP contribution in [0.2, 0.25) is 0 Å². The minimum absolute atomic E-state index is 0.127. The Morgan fingerprint density at radius 1 is 1.33 bits per heavy atom. The first kappa shape index (κ1) is 13.6. The van der Waals surface area contributed by atoms with E-state index in [4.69, 9.17) is 10.3 Å². The average molecular weight is 289 g/mol. The van der Waals surface area contributed by atoms with Gasteiger partial charge in [-0.15, -0.1) is 0 Å². The van der Waals surface area contributed by atoms with Crippen LogP contribution in [0.25, 0.3) is 0 Å². The summed E-state index contributed by atoms with van der Waals surface area (Å²) in [7, 11) is 0. The van der Waals surface area contributed by atoms with Crippen LogP contribution in [0.4, 0.5) is 10.3 Å². The molecule has 2 aromatic rings. The van der Waals surface area contributed by atoms with Crippen LogP contribution in [-0.2, 0) is 0 Å². The fraction of sp³-hybridized carbons (Fsp3) is 0.333. The second kappa shape index (κ2) is 5.55. The van der Waals surface area contributed by atoms with Crippen LogP contribution in [0.1, 0.15) is 34.8 Å². The lowest BCUT2D eigenvalue weighted by atomic mass is 9.93. The Kier molecular flexibility index (Phi) is 3.60. The molecule has 1 fully saturated rings. The van der Waals surface area contributed by atoms with E-state index < -0.39 is 5.82 Å². The number of benzene rings is 1. The molecule has 0 saturated carbocycles. The molecule has 6 heteroatoms. The van der Waals surface area contributed by atoms with Gasteiger partial charge >= 0.3 is 0 Å². The number of hydrogen-bond acceptors (Lipinski definition) is 4. The van der Waals surface area contributed by atoms with E-state index in [0.29, 0.717) is 19.0 Å². The smallest absolute Gasteiger partial charge is 0.256 e. The Morgan fingerprint density at radius 3 is 2.67 bits per heavy atom. The van der Waals surface area contributed by atoms with Crippen molar-refractivity contribution in [2.75, 3.05) is 18.8 Å². The van der Waals surface area contributed by atoms with Gasteiger partial charge < -0.3 is 15.2 Å². The zero-order chi connectivity index (χ0) is 14.8. The number of amides is 1. The topological polar surface area (TPSA) is 72.4 Å². The largest absolute Gasteiger partial charge is 0.368 e. The molecular formula is C15H16FN3O2. The molecule has 0 bridgehead atoms. The Hall–Kier alpha value is -2.37. The van der Waals surface area contributed by atoms with Gasteiger partial charge in [0.2, 0.25) is 5.88 Å². The third kappa shape index (κ3) is 2.74. The first-order valence-corrected chi connectivity index (χ1v) is 6.91. The second-order valence-corrected chi connectivity index (χ2v) is 5.20. The van der Waals surface area contributed by atoms with E-state index >= 15 is 0 Å². The highest BCUT2D eigenvalue weighted by atomic mass is 19.1. The summed E-state index contributed by atoms with van der Waals surface area (Å²) in [5.74, 6) is -0.203. The maximum Gasteiger partial charge on any atom is 0.256 e. The number of likely N-dealkylation sites (tertiary alicyclic amines) is 1. The van der Waals surface area contributed by atoms with E-state index in [9.17, 15) is 9.18 Å². The number of anilines is 1. The molecule has 2 heterocycles. The molecule has 0 spiro atoms. The van der Waals surface area contributed by atoms with Gasteiger partial charge in [0.1, 0.15) is 5.82 Å². The number of nitrogens with two attached hydrogens (primary N) is 1. The van der Waals surface area contributed by atoms with E-state index in [1.165, 1.54) is 12.1 Å². The molecule has 1 aliphatic rings. The van der Waals surface area contributed by atoms with E-state index in [1.54, 1.807) is 23.1 Å². The Morgan fingerprint density at radius 2 is 2.05 bits per heavy atom. The highest BCUT2D eigenvalue weighted by Gasteiger charge is 2.27. The molecule has 1 aliphatic heterocycles. The zero-order valence-corrected chi connectivity index (χ0v) is 11.5. The lowest BCUT2D eigenvalue weighted by Gasteiger charge is -2.31. The van der Waals surface area contributed by atoms with E-state index in [1.807, 2.05) is 0 Å². The third-order valence-corrected chi connectivity index (χ3v) is 3.85. The van der Waals surface area contributed by atoms with Crippen molar-refractivity contribution in [1.29, 1.82) is 0 Å². The molecule has 0 atom stereocenters. The summed E-state index contributed by atoms with van der Waals surface area (Å²) in [4.78, 5) is 14.0. The SMILES string of the molecule is Nc1cc(C2CCN(C(=O)c3ccccc3F)CC2)no1. The quantitative estimate of drug-likeness (QED) is 0.921. The van der Waals surface area contributed by atoms with Gasteiger partial charge in [0.25, 0.3) is 5.91 Å². The monoisotopic (exact) mass is 289 g/mol. The van der Waals surface area contributed by atoms with Crippen LogP contribution in [0.3, 0.4) is 0 Å². The van der Waals surface area contributed by atoms with Gasteiger partial charge in [0.15, 0.2) is 0 Å². The van der Waals surface area contributed by atoms with Crippen molar-refractivity contribution >= 4 is 11.8 Å². The Bertz CT molecular complexity index is 648. The van der Waals surface area contributed by atoms with Crippen LogP contribution in [-0.4, -0.2) is 29.1 Å². The predicted octanol–water partition coefficient (Wildman–Crippen LogP) is 2.42. The number of nitrogen functional groups attached to an aromatic ring is 1. The van der Waals surface area contributed by atoms with Crippen LogP contribution in [0.5, 0.6) is 0 Å². The molecule has 1 aromatic carbocycles. The second-order valence-electron chi connectivity index (χ2n) is 5.20. The van der Waals surface area contributed by atoms with Crippen molar-refractivity contribution in [3.05, 3.63) is 47.4 Å². The number of nitrogens with zero attached hydrogens (tertiary/aromatic N) is 2. The maximum atomic E-state index is 13.7. The lowest BCUT2D eigenvalue weighted by Crippen LogP contribution is -2.38. The molecule has 110 valence electrons. The fourth-order valence-corrected chi connectivity index (χ4v) is 2.68. The van der Waals surface area contributed by atoms with Crippen LogP contribution >= 0.6 is 0 Å². The number of halogens is 1. The van der Waals surface area contributed by atoms with Crippen LogP contribution < -0.4 is 5.73 Å². The summed E-state index contributed by atoms with van der Waals surface area (Å²) in [6.07, 6.45) is 1.54. The van der Waals surface area contributed by atoms with Gasteiger partial charge in [0.05, 0.1) is 11.3 Å². The number of hydrogen-bond donors (Lipinski definition) is 1. The molecule has 5 nitrogen and oxygen atoms in total. The number of carbonyl (C=O) groups excluding carboxylic acids is 1. The standard InChI is InChI=1S/C15H16FN3O2/c16-12-4-2-1-3-11(12)15(20)19-7-5-10(6-8-19)13-9-14(17)21-18-13/h1-4,9-10H,5-8,17H2.